The highest BCUT2D eigenvalue weighted by Crippen LogP contribution is 2.41. The summed E-state index contributed by atoms with van der Waals surface area (Å²) in [5.74, 6) is -2.66. The van der Waals surface area contributed by atoms with Crippen molar-refractivity contribution in [2.24, 2.45) is 17.8 Å². The molecule has 6 rings (SSSR count). The van der Waals surface area contributed by atoms with Crippen LogP contribution >= 0.6 is 0 Å². The first kappa shape index (κ1) is 65.1. The number of sulfone groups is 1. The molecule has 0 saturated carbocycles. The molecular weight excluding hydrogens is 1050 g/mol. The lowest BCUT2D eigenvalue weighted by Gasteiger charge is -2.49. The van der Waals surface area contributed by atoms with E-state index in [0.717, 1.165) is 11.3 Å². The standard InChI is InChI=1S/C56H95FN6O15S/c1-15-44-56(10,69)49(65)37(6)61(12)31-33(2)28-54(8,68)51(35(4)47(36(5)52(67)76-44)77-45-29-55(9,73-14)50(66)38(7)75-45)78-53-46(64)42(27-34(3)74-53)60(11)23-21-40-32-63(59-58-40)43(30-57)48(72-13)39-17-19-41(20-18-39)62-22-16-25-79(70,71)26-24-62/h17-20,32-38,42-51,53,64-66,68-69H,15-16,21-31H2,1-14H3/t33-,34-,35+,36-,37-,38+,42+,43-,44-,45+,46-,47+,48-,49-,50+,51-,53+,54-,55-,56-/m1/s1. The number of anilines is 1. The summed E-state index contributed by atoms with van der Waals surface area (Å²) in [4.78, 5) is 20.5. The summed E-state index contributed by atoms with van der Waals surface area (Å²) < 4.78 is 85.1. The van der Waals surface area contributed by atoms with E-state index < -0.39 is 137 Å². The molecule has 1 aromatic heterocycles. The normalized spacial score (nSPS) is 39.5. The molecule has 4 fully saturated rings. The largest absolute Gasteiger partial charge is 0.459 e. The lowest BCUT2D eigenvalue weighted by atomic mass is 9.77. The summed E-state index contributed by atoms with van der Waals surface area (Å²) >= 11 is 0. The van der Waals surface area contributed by atoms with Crippen molar-refractivity contribution < 1.29 is 76.3 Å². The predicted octanol–water partition coefficient (Wildman–Crippen LogP) is 3.63. The van der Waals surface area contributed by atoms with Crippen LogP contribution in [0.15, 0.2) is 30.5 Å². The van der Waals surface area contributed by atoms with Gasteiger partial charge < -0.3 is 73.4 Å². The number of hydrogen-bond acceptors (Lipinski definition) is 20. The molecule has 2 aromatic rings. The van der Waals surface area contributed by atoms with Gasteiger partial charge in [-0.3, -0.25) is 4.79 Å². The number of aliphatic hydroxyl groups excluding tert-OH is 3. The molecule has 0 spiro atoms. The van der Waals surface area contributed by atoms with Gasteiger partial charge in [0.15, 0.2) is 22.4 Å². The molecule has 452 valence electrons. The summed E-state index contributed by atoms with van der Waals surface area (Å²) in [5.41, 5.74) is -2.44. The molecule has 1 aromatic carbocycles. The van der Waals surface area contributed by atoms with Crippen molar-refractivity contribution in [2.45, 2.75) is 210 Å². The van der Waals surface area contributed by atoms with Crippen molar-refractivity contribution in [1.82, 2.24) is 24.8 Å². The average molecular weight is 1140 g/mol. The number of cyclic esters (lactones) is 1. The van der Waals surface area contributed by atoms with Crippen LogP contribution in [-0.4, -0.2) is 228 Å². The third kappa shape index (κ3) is 15.4. The van der Waals surface area contributed by atoms with Crippen LogP contribution in [0.5, 0.6) is 0 Å². The number of aliphatic hydroxyl groups is 5. The number of methoxy groups -OCH3 is 2. The van der Waals surface area contributed by atoms with E-state index >= 15 is 4.39 Å². The number of halogens is 1. The Morgan fingerprint density at radius 1 is 0.949 bits per heavy atom. The second kappa shape index (κ2) is 27.1. The molecule has 0 bridgehead atoms. The number of rotatable bonds is 16. The van der Waals surface area contributed by atoms with Crippen molar-refractivity contribution in [2.75, 3.05) is 77.6 Å². The Labute approximate surface area is 468 Å². The molecule has 21 nitrogen and oxygen atoms in total. The number of alkyl halides is 1. The topological polar surface area (TPSA) is 257 Å². The van der Waals surface area contributed by atoms with Gasteiger partial charge in [0.05, 0.1) is 58.7 Å². The van der Waals surface area contributed by atoms with Crippen LogP contribution in [0.4, 0.5) is 10.1 Å². The maximum Gasteiger partial charge on any atom is 0.311 e. The minimum atomic E-state index is -3.08. The number of carbonyl (C=O) groups is 1. The van der Waals surface area contributed by atoms with Gasteiger partial charge in [0, 0.05) is 83.1 Å². The molecule has 4 saturated heterocycles. The zero-order chi connectivity index (χ0) is 58.5. The van der Waals surface area contributed by atoms with Crippen molar-refractivity contribution in [3.63, 3.8) is 0 Å². The number of esters is 1. The summed E-state index contributed by atoms with van der Waals surface area (Å²) in [6, 6.07) is 5.57. The maximum atomic E-state index is 15.0. The number of likely N-dealkylation sites (N-methyl/N-ethyl adjacent to an activating group) is 2. The van der Waals surface area contributed by atoms with E-state index in [1.165, 1.54) is 25.8 Å². The number of ether oxygens (including phenoxy) is 7. The fraction of sp³-hybridized carbons (Fsp3) is 0.839. The van der Waals surface area contributed by atoms with Crippen molar-refractivity contribution in [1.29, 1.82) is 0 Å². The van der Waals surface area contributed by atoms with Crippen molar-refractivity contribution in [3.8, 4) is 0 Å². The first-order valence-electron chi connectivity index (χ1n) is 28.3. The van der Waals surface area contributed by atoms with Crippen LogP contribution in [0.1, 0.15) is 125 Å². The van der Waals surface area contributed by atoms with E-state index in [-0.39, 0.29) is 36.7 Å². The number of carbonyl (C=O) groups excluding carboxylic acids is 1. The Balaban J connectivity index is 1.23. The highest BCUT2D eigenvalue weighted by molar-refractivity contribution is 7.91. The molecule has 0 radical (unpaired) electrons. The number of hydrogen-bond donors (Lipinski definition) is 5. The summed E-state index contributed by atoms with van der Waals surface area (Å²) in [5, 5.41) is 68.7. The van der Waals surface area contributed by atoms with Crippen molar-refractivity contribution >= 4 is 21.5 Å². The van der Waals surface area contributed by atoms with Crippen LogP contribution in [0.2, 0.25) is 0 Å². The highest BCUT2D eigenvalue weighted by atomic mass is 32.2. The molecule has 0 aliphatic carbocycles. The molecule has 5 N–H and O–H groups in total. The van der Waals surface area contributed by atoms with Crippen LogP contribution in [0.25, 0.3) is 0 Å². The minimum Gasteiger partial charge on any atom is -0.459 e. The third-order valence-electron chi connectivity index (χ3n) is 17.6. The van der Waals surface area contributed by atoms with Crippen LogP contribution in [0, 0.1) is 17.8 Å². The van der Waals surface area contributed by atoms with Gasteiger partial charge in [-0.05, 0) is 112 Å². The SMILES string of the molecule is CC[C@H]1OC(=O)[C@H](C)[C@@H](O[C@H]2C[C@@](C)(OC)[C@@H](O)[C@H](C)O2)[C@H](C)[C@@H](O[C@@H]2O[C@H](C)C[C@H](N(C)CCc3cn([C@H](CF)[C@H](OC)c4ccc(N5CCCS(=O)(=O)CC5)cc4)nn3)[C@H]2O)[C@](C)(O)C[C@@H](C)CN(C)[C@H](C)[C@@H](O)[C@]1(C)O. The number of benzene rings is 1. The minimum absolute atomic E-state index is 0.0745. The van der Waals surface area contributed by atoms with Gasteiger partial charge in [0.1, 0.15) is 48.8 Å². The first-order valence-corrected chi connectivity index (χ1v) is 30.1. The molecule has 23 heteroatoms. The first-order chi connectivity index (χ1) is 37.0. The lowest BCUT2D eigenvalue weighted by Crippen LogP contribution is -2.61. The fourth-order valence-corrected chi connectivity index (χ4v) is 13.9. The Bertz CT molecular complexity index is 2350. The number of nitrogens with zero attached hydrogens (tertiary/aromatic N) is 6. The Morgan fingerprint density at radius 3 is 2.27 bits per heavy atom. The Kier molecular flexibility index (Phi) is 22.4. The molecule has 79 heavy (non-hydrogen) atoms. The molecule has 4 aliphatic rings. The molecule has 5 heterocycles. The predicted molar refractivity (Wildman–Crippen MR) is 294 cm³/mol. The van der Waals surface area contributed by atoms with Crippen molar-refractivity contribution in [3.05, 3.63) is 41.7 Å². The lowest BCUT2D eigenvalue weighted by molar-refractivity contribution is -0.318. The monoisotopic (exact) mass is 1140 g/mol. The van der Waals surface area contributed by atoms with Gasteiger partial charge in [-0.15, -0.1) is 5.10 Å². The summed E-state index contributed by atoms with van der Waals surface area (Å²) in [7, 11) is 3.62. The van der Waals surface area contributed by atoms with Gasteiger partial charge >= 0.3 is 5.97 Å². The fourth-order valence-electron chi connectivity index (χ4n) is 12.6. The van der Waals surface area contributed by atoms with Gasteiger partial charge in [0.25, 0.3) is 0 Å². The smallest absolute Gasteiger partial charge is 0.311 e. The zero-order valence-electron chi connectivity index (χ0n) is 49.2. The molecule has 20 atom stereocenters. The van der Waals surface area contributed by atoms with E-state index in [1.54, 1.807) is 54.7 Å². The zero-order valence-corrected chi connectivity index (χ0v) is 50.0. The number of aromatic nitrogens is 3. The summed E-state index contributed by atoms with van der Waals surface area (Å²) in [6.45, 7) is 18.4. The molecule has 4 aliphatic heterocycles. The maximum absolute atomic E-state index is 15.0. The van der Waals surface area contributed by atoms with Gasteiger partial charge in [-0.25, -0.2) is 17.5 Å². The van der Waals surface area contributed by atoms with E-state index in [0.29, 0.717) is 51.1 Å². The van der Waals surface area contributed by atoms with Crippen LogP contribution < -0.4 is 4.90 Å². The molecular formula is C56H95FN6O15S. The van der Waals surface area contributed by atoms with Crippen LogP contribution in [-0.2, 0) is 54.2 Å². The van der Waals surface area contributed by atoms with E-state index in [1.807, 2.05) is 66.9 Å². The second-order valence-corrected chi connectivity index (χ2v) is 26.4. The Hall–Kier alpha value is -3.01. The average Bonchev–Trinajstić information content (AvgIpc) is 3.80. The van der Waals surface area contributed by atoms with E-state index in [2.05, 4.69) is 10.3 Å². The van der Waals surface area contributed by atoms with E-state index in [9.17, 15) is 38.7 Å². The second-order valence-electron chi connectivity index (χ2n) is 24.1. The highest BCUT2D eigenvalue weighted by Gasteiger charge is 2.53. The third-order valence-corrected chi connectivity index (χ3v) is 19.3. The van der Waals surface area contributed by atoms with Gasteiger partial charge in [-0.2, -0.15) is 0 Å². The Morgan fingerprint density at radius 2 is 1.63 bits per heavy atom. The van der Waals surface area contributed by atoms with Crippen LogP contribution in [0.3, 0.4) is 0 Å². The quantitative estimate of drug-likeness (QED) is 0.150. The van der Waals surface area contributed by atoms with E-state index in [4.69, 9.17) is 33.2 Å². The van der Waals surface area contributed by atoms with Gasteiger partial charge in [0.2, 0.25) is 0 Å². The van der Waals surface area contributed by atoms with Gasteiger partial charge in [-0.1, -0.05) is 38.1 Å². The molecule has 0 amide bonds. The summed E-state index contributed by atoms with van der Waals surface area (Å²) in [6.07, 6.45) is -7.73. The molecule has 0 unspecified atom stereocenters.